The van der Waals surface area contributed by atoms with Crippen LogP contribution < -0.4 is 11.1 Å². The monoisotopic (exact) mass is 446 g/mol. The molecule has 0 saturated heterocycles. The predicted molar refractivity (Wildman–Crippen MR) is 119 cm³/mol. The normalized spacial score (nSPS) is 11.8. The van der Waals surface area contributed by atoms with Gasteiger partial charge in [0.2, 0.25) is 0 Å². The molecule has 4 rings (SSSR count). The van der Waals surface area contributed by atoms with Gasteiger partial charge in [-0.2, -0.15) is 0 Å². The van der Waals surface area contributed by atoms with E-state index in [2.05, 4.69) is 18.8 Å². The molecule has 4 aromatic rings. The molecule has 1 aromatic carbocycles. The first-order valence-electron chi connectivity index (χ1n) is 9.13. The van der Waals surface area contributed by atoms with E-state index < -0.39 is 0 Å². The van der Waals surface area contributed by atoms with Crippen LogP contribution in [0.1, 0.15) is 25.2 Å². The fourth-order valence-corrected chi connectivity index (χ4v) is 5.09. The standard InChI is InChI=1S/C20H19ClN4O2S2/c1-11(2)8-24-18(27)15-6-13(21)4-5-16(15)23-19(24)29-10-14-7-17(26)25-12(3)9-28-20(25)22-14/h4-7,9,11H,8,10H2,1-3H3. The van der Waals surface area contributed by atoms with Crippen molar-refractivity contribution in [3.05, 3.63) is 66.8 Å². The number of halogens is 1. The van der Waals surface area contributed by atoms with Crippen LogP contribution in [-0.2, 0) is 12.3 Å². The molecule has 0 aliphatic rings. The summed E-state index contributed by atoms with van der Waals surface area (Å²) in [5, 5.41) is 3.55. The Morgan fingerprint density at radius 3 is 2.76 bits per heavy atom. The third kappa shape index (κ3) is 3.97. The van der Waals surface area contributed by atoms with Gasteiger partial charge in [-0.15, -0.1) is 11.3 Å². The van der Waals surface area contributed by atoms with Gasteiger partial charge in [0.05, 0.1) is 16.6 Å². The van der Waals surface area contributed by atoms with Crippen LogP contribution in [-0.4, -0.2) is 18.9 Å². The number of fused-ring (bicyclic) bond motifs is 2. The van der Waals surface area contributed by atoms with Gasteiger partial charge in [0.25, 0.3) is 11.1 Å². The Kier molecular flexibility index (Phi) is 5.50. The molecule has 0 aliphatic heterocycles. The summed E-state index contributed by atoms with van der Waals surface area (Å²) in [6.45, 7) is 6.55. The van der Waals surface area contributed by atoms with Crippen LogP contribution in [0.3, 0.4) is 0 Å². The van der Waals surface area contributed by atoms with E-state index in [4.69, 9.17) is 16.6 Å². The minimum Gasteiger partial charge on any atom is -0.287 e. The number of thioether (sulfide) groups is 1. The Hall–Kier alpha value is -2.16. The lowest BCUT2D eigenvalue weighted by Gasteiger charge is -2.15. The number of rotatable bonds is 5. The van der Waals surface area contributed by atoms with Crippen molar-refractivity contribution in [2.45, 2.75) is 38.2 Å². The highest BCUT2D eigenvalue weighted by atomic mass is 35.5. The van der Waals surface area contributed by atoms with Gasteiger partial charge >= 0.3 is 0 Å². The zero-order valence-electron chi connectivity index (χ0n) is 16.2. The number of aromatic nitrogens is 4. The van der Waals surface area contributed by atoms with Gasteiger partial charge in [0, 0.05) is 34.5 Å². The van der Waals surface area contributed by atoms with Crippen molar-refractivity contribution in [2.24, 2.45) is 5.92 Å². The lowest BCUT2D eigenvalue weighted by atomic mass is 10.2. The third-order valence-corrected chi connectivity index (χ3v) is 6.60. The van der Waals surface area contributed by atoms with Gasteiger partial charge in [-0.3, -0.25) is 18.6 Å². The van der Waals surface area contributed by atoms with E-state index >= 15 is 0 Å². The van der Waals surface area contributed by atoms with Crippen molar-refractivity contribution in [3.8, 4) is 0 Å². The van der Waals surface area contributed by atoms with Crippen LogP contribution in [0.2, 0.25) is 5.02 Å². The summed E-state index contributed by atoms with van der Waals surface area (Å²) in [6.07, 6.45) is 0. The first-order chi connectivity index (χ1) is 13.8. The predicted octanol–water partition coefficient (Wildman–Crippen LogP) is 4.38. The van der Waals surface area contributed by atoms with Crippen molar-refractivity contribution >= 4 is 50.6 Å². The molecule has 29 heavy (non-hydrogen) atoms. The average Bonchev–Trinajstić information content (AvgIpc) is 3.04. The molecule has 3 heterocycles. The molecule has 0 spiro atoms. The van der Waals surface area contributed by atoms with Crippen molar-refractivity contribution in [2.75, 3.05) is 0 Å². The quantitative estimate of drug-likeness (QED) is 0.336. The Bertz CT molecular complexity index is 1340. The molecule has 0 radical (unpaired) electrons. The molecule has 0 amide bonds. The van der Waals surface area contributed by atoms with E-state index in [1.165, 1.54) is 23.1 Å². The van der Waals surface area contributed by atoms with E-state index in [-0.39, 0.29) is 17.0 Å². The van der Waals surface area contributed by atoms with Crippen LogP contribution in [0, 0.1) is 12.8 Å². The molecule has 0 unspecified atom stereocenters. The molecule has 3 aromatic heterocycles. The van der Waals surface area contributed by atoms with E-state index in [0.717, 1.165) is 5.69 Å². The minimum absolute atomic E-state index is 0.0926. The van der Waals surface area contributed by atoms with E-state index in [1.54, 1.807) is 33.2 Å². The Labute approximate surface area is 180 Å². The summed E-state index contributed by atoms with van der Waals surface area (Å²) in [7, 11) is 0. The smallest absolute Gasteiger partial charge is 0.262 e. The molecule has 0 fully saturated rings. The fraction of sp³-hybridized carbons (Fsp3) is 0.300. The summed E-state index contributed by atoms with van der Waals surface area (Å²) in [5.74, 6) is 0.727. The molecule has 9 heteroatoms. The van der Waals surface area contributed by atoms with Crippen molar-refractivity contribution in [3.63, 3.8) is 0 Å². The van der Waals surface area contributed by atoms with E-state index in [9.17, 15) is 9.59 Å². The second kappa shape index (κ2) is 7.93. The van der Waals surface area contributed by atoms with Crippen LogP contribution in [0.5, 0.6) is 0 Å². The lowest BCUT2D eigenvalue weighted by molar-refractivity contribution is 0.475. The number of hydrogen-bond acceptors (Lipinski definition) is 6. The number of benzene rings is 1. The highest BCUT2D eigenvalue weighted by Gasteiger charge is 2.14. The Morgan fingerprint density at radius 1 is 1.21 bits per heavy atom. The van der Waals surface area contributed by atoms with E-state index in [0.29, 0.717) is 44.0 Å². The molecule has 150 valence electrons. The Morgan fingerprint density at radius 2 is 2.00 bits per heavy atom. The summed E-state index contributed by atoms with van der Waals surface area (Å²) >= 11 is 8.93. The summed E-state index contributed by atoms with van der Waals surface area (Å²) in [6, 6.07) is 6.69. The molecule has 0 N–H and O–H groups in total. The molecular formula is C20H19ClN4O2S2. The largest absolute Gasteiger partial charge is 0.287 e. The average molecular weight is 447 g/mol. The number of thiazole rings is 1. The topological polar surface area (TPSA) is 69.3 Å². The number of aryl methyl sites for hydroxylation is 1. The molecule has 6 nitrogen and oxygen atoms in total. The highest BCUT2D eigenvalue weighted by Crippen LogP contribution is 2.24. The molecule has 0 aliphatic carbocycles. The molecule has 0 atom stereocenters. The van der Waals surface area contributed by atoms with Crippen LogP contribution >= 0.6 is 34.7 Å². The van der Waals surface area contributed by atoms with Crippen LogP contribution in [0.25, 0.3) is 15.9 Å². The van der Waals surface area contributed by atoms with Crippen molar-refractivity contribution in [1.29, 1.82) is 0 Å². The van der Waals surface area contributed by atoms with Gasteiger partial charge < -0.3 is 0 Å². The first-order valence-corrected chi connectivity index (χ1v) is 11.4. The summed E-state index contributed by atoms with van der Waals surface area (Å²) in [5.41, 5.74) is 1.96. The molecular weight excluding hydrogens is 428 g/mol. The van der Waals surface area contributed by atoms with Gasteiger partial charge in [0.1, 0.15) is 0 Å². The van der Waals surface area contributed by atoms with Crippen molar-refractivity contribution < 1.29 is 0 Å². The zero-order chi connectivity index (χ0) is 20.7. The van der Waals surface area contributed by atoms with E-state index in [1.807, 2.05) is 12.3 Å². The molecule has 0 saturated carbocycles. The SMILES string of the molecule is Cc1csc2nc(CSc3nc4ccc(Cl)cc4c(=O)n3CC(C)C)cc(=O)n12. The van der Waals surface area contributed by atoms with Crippen molar-refractivity contribution in [1.82, 2.24) is 18.9 Å². The van der Waals surface area contributed by atoms with Gasteiger partial charge in [-0.05, 0) is 31.0 Å². The number of hydrogen-bond donors (Lipinski definition) is 0. The summed E-state index contributed by atoms with van der Waals surface area (Å²) in [4.78, 5) is 35.4. The van der Waals surface area contributed by atoms with Gasteiger partial charge in [-0.1, -0.05) is 37.2 Å². The highest BCUT2D eigenvalue weighted by molar-refractivity contribution is 7.98. The van der Waals surface area contributed by atoms with Gasteiger partial charge in [0.15, 0.2) is 10.1 Å². The van der Waals surface area contributed by atoms with Gasteiger partial charge in [-0.25, -0.2) is 9.97 Å². The van der Waals surface area contributed by atoms with Crippen LogP contribution in [0.15, 0.2) is 44.4 Å². The maximum atomic E-state index is 13.1. The third-order valence-electron chi connectivity index (χ3n) is 4.41. The maximum Gasteiger partial charge on any atom is 0.262 e. The second-order valence-corrected chi connectivity index (χ2v) is 9.45. The zero-order valence-corrected chi connectivity index (χ0v) is 18.6. The number of nitrogens with zero attached hydrogens (tertiary/aromatic N) is 4. The minimum atomic E-state index is -0.105. The van der Waals surface area contributed by atoms with Crippen LogP contribution in [0.4, 0.5) is 0 Å². The lowest BCUT2D eigenvalue weighted by Crippen LogP contribution is -2.25. The first kappa shape index (κ1) is 20.1. The maximum absolute atomic E-state index is 13.1. The summed E-state index contributed by atoms with van der Waals surface area (Å²) < 4.78 is 3.29. The fourth-order valence-electron chi connectivity index (χ4n) is 3.12. The second-order valence-electron chi connectivity index (χ2n) is 7.23. The molecule has 0 bridgehead atoms. The Balaban J connectivity index is 1.74.